The maximum atomic E-state index is 3.49. The van der Waals surface area contributed by atoms with Gasteiger partial charge in [0.1, 0.15) is 0 Å². The van der Waals surface area contributed by atoms with Gasteiger partial charge in [-0.15, -0.1) is 0 Å². The Morgan fingerprint density at radius 2 is 1.57 bits per heavy atom. The van der Waals surface area contributed by atoms with Crippen molar-refractivity contribution in [3.8, 4) is 0 Å². The molecule has 0 atom stereocenters. The van der Waals surface area contributed by atoms with Gasteiger partial charge >= 0.3 is 51.4 Å². The van der Waals surface area contributed by atoms with E-state index in [9.17, 15) is 0 Å². The molecule has 34 valence electrons. The molecule has 0 unspecified atom stereocenters. The number of aromatic amines is 1. The number of hydrogen-bond donors (Lipinski definition) is 1. The van der Waals surface area contributed by atoms with Crippen LogP contribution in [-0.4, -0.2) is 20.9 Å². The van der Waals surface area contributed by atoms with Crippen LogP contribution in [0.2, 0.25) is 0 Å². The summed E-state index contributed by atoms with van der Waals surface area (Å²) in [5.74, 6) is 0. The Kier molecular flexibility index (Phi) is 10.3. The number of hydrogen-bond acceptors (Lipinski definition) is 3. The maximum absolute atomic E-state index is 3.49. The first-order valence-corrected chi connectivity index (χ1v) is 1.30. The molecule has 2 N–H and O–H groups in total. The summed E-state index contributed by atoms with van der Waals surface area (Å²) in [4.78, 5) is 0. The zero-order valence-electron chi connectivity index (χ0n) is 4.00. The molecule has 0 aromatic carbocycles. The van der Waals surface area contributed by atoms with Crippen LogP contribution in [0.5, 0.6) is 0 Å². The van der Waals surface area contributed by atoms with Gasteiger partial charge in [-0.2, -0.15) is 15.4 Å². The summed E-state index contributed by atoms with van der Waals surface area (Å²) >= 11 is 0. The van der Waals surface area contributed by atoms with E-state index in [1.54, 1.807) is 12.4 Å². The summed E-state index contributed by atoms with van der Waals surface area (Å²) in [6, 6.07) is 0. The molecule has 0 bridgehead atoms. The molecule has 0 aliphatic carbocycles. The SMILES string of the molecule is [K+].[OH-].c1cn[nH]n1. The summed E-state index contributed by atoms with van der Waals surface area (Å²) in [6.07, 6.45) is 3.17. The average Bonchev–Trinajstić information content (AvgIpc) is 1.76. The van der Waals surface area contributed by atoms with Crippen LogP contribution in [0.3, 0.4) is 0 Å². The normalized spacial score (nSPS) is 5.71. The molecule has 0 saturated carbocycles. The fourth-order valence-corrected chi connectivity index (χ4v) is 0.167. The van der Waals surface area contributed by atoms with Gasteiger partial charge in [-0.25, -0.2) is 0 Å². The van der Waals surface area contributed by atoms with E-state index in [0.717, 1.165) is 0 Å². The predicted molar refractivity (Wildman–Crippen MR) is 18.3 cm³/mol. The van der Waals surface area contributed by atoms with Crippen LogP contribution in [0.1, 0.15) is 0 Å². The first-order valence-electron chi connectivity index (χ1n) is 1.30. The summed E-state index contributed by atoms with van der Waals surface area (Å²) in [7, 11) is 0. The van der Waals surface area contributed by atoms with Gasteiger partial charge in [0.15, 0.2) is 0 Å². The first kappa shape index (κ1) is 10.7. The molecule has 0 aliphatic heterocycles. The minimum atomic E-state index is 0. The van der Waals surface area contributed by atoms with E-state index in [1.807, 2.05) is 0 Å². The summed E-state index contributed by atoms with van der Waals surface area (Å²) in [5, 5.41) is 9.33. The third kappa shape index (κ3) is 4.59. The Morgan fingerprint density at radius 3 is 1.71 bits per heavy atom. The second kappa shape index (κ2) is 6.74. The van der Waals surface area contributed by atoms with Crippen molar-refractivity contribution in [1.82, 2.24) is 15.4 Å². The summed E-state index contributed by atoms with van der Waals surface area (Å²) in [6.45, 7) is 0. The maximum Gasteiger partial charge on any atom is 1.00 e. The predicted octanol–water partition coefficient (Wildman–Crippen LogP) is -3.37. The zero-order chi connectivity index (χ0) is 3.54. The van der Waals surface area contributed by atoms with Crippen LogP contribution in [0.4, 0.5) is 0 Å². The zero-order valence-corrected chi connectivity index (χ0v) is 7.12. The van der Waals surface area contributed by atoms with Crippen molar-refractivity contribution in [1.29, 1.82) is 0 Å². The molecule has 0 spiro atoms. The van der Waals surface area contributed by atoms with Crippen molar-refractivity contribution in [3.05, 3.63) is 12.4 Å². The third-order valence-electron chi connectivity index (χ3n) is 0.331. The van der Waals surface area contributed by atoms with E-state index in [-0.39, 0.29) is 56.9 Å². The number of aromatic nitrogens is 3. The van der Waals surface area contributed by atoms with E-state index in [1.165, 1.54) is 0 Å². The Morgan fingerprint density at radius 1 is 1.14 bits per heavy atom. The molecule has 1 heterocycles. The van der Waals surface area contributed by atoms with Gasteiger partial charge in [0.25, 0.3) is 0 Å². The molecule has 5 heteroatoms. The molecule has 1 aromatic rings. The molecule has 0 fully saturated rings. The monoisotopic (exact) mass is 125 g/mol. The van der Waals surface area contributed by atoms with Crippen LogP contribution in [0.25, 0.3) is 0 Å². The molecular weight excluding hydrogens is 121 g/mol. The average molecular weight is 125 g/mol. The molecule has 1 aromatic heterocycles. The Balaban J connectivity index is 0. The van der Waals surface area contributed by atoms with E-state index >= 15 is 0 Å². The second-order valence-corrected chi connectivity index (χ2v) is 0.656. The van der Waals surface area contributed by atoms with Crippen LogP contribution in [0, 0.1) is 0 Å². The second-order valence-electron chi connectivity index (χ2n) is 0.656. The number of nitrogens with one attached hydrogen (secondary N) is 1. The molecule has 7 heavy (non-hydrogen) atoms. The Hall–Kier alpha value is 0.736. The van der Waals surface area contributed by atoms with E-state index in [4.69, 9.17) is 0 Å². The van der Waals surface area contributed by atoms with Gasteiger partial charge in [-0.05, 0) is 0 Å². The summed E-state index contributed by atoms with van der Waals surface area (Å²) in [5.41, 5.74) is 0. The molecule has 1 rings (SSSR count). The first-order chi connectivity index (χ1) is 2.50. The van der Waals surface area contributed by atoms with E-state index < -0.39 is 0 Å². The van der Waals surface area contributed by atoms with Crippen LogP contribution >= 0.6 is 0 Å². The van der Waals surface area contributed by atoms with E-state index in [2.05, 4.69) is 15.4 Å². The molecule has 0 radical (unpaired) electrons. The smallest absolute Gasteiger partial charge is 0.870 e. The van der Waals surface area contributed by atoms with Crippen molar-refractivity contribution >= 4 is 0 Å². The molecule has 0 saturated heterocycles. The minimum absolute atomic E-state index is 0. The van der Waals surface area contributed by atoms with Crippen molar-refractivity contribution in [2.45, 2.75) is 0 Å². The number of H-pyrrole nitrogens is 1. The van der Waals surface area contributed by atoms with Crippen LogP contribution < -0.4 is 51.4 Å². The van der Waals surface area contributed by atoms with E-state index in [0.29, 0.717) is 0 Å². The van der Waals surface area contributed by atoms with Crippen molar-refractivity contribution in [3.63, 3.8) is 0 Å². The van der Waals surface area contributed by atoms with Gasteiger partial charge < -0.3 is 5.48 Å². The quantitative estimate of drug-likeness (QED) is 0.368. The topological polar surface area (TPSA) is 71.6 Å². The van der Waals surface area contributed by atoms with Gasteiger partial charge in [0.2, 0.25) is 0 Å². The molecule has 0 amide bonds. The Labute approximate surface area is 83.4 Å². The fourth-order valence-electron chi connectivity index (χ4n) is 0.167. The van der Waals surface area contributed by atoms with Gasteiger partial charge in [0.05, 0.1) is 12.4 Å². The summed E-state index contributed by atoms with van der Waals surface area (Å²) < 4.78 is 0. The van der Waals surface area contributed by atoms with Gasteiger partial charge in [-0.3, -0.25) is 0 Å². The number of nitrogens with zero attached hydrogens (tertiary/aromatic N) is 2. The molecular formula is C2H4KN3O. The van der Waals surface area contributed by atoms with Crippen molar-refractivity contribution < 1.29 is 56.9 Å². The van der Waals surface area contributed by atoms with Gasteiger partial charge in [0, 0.05) is 0 Å². The van der Waals surface area contributed by atoms with Gasteiger partial charge in [-0.1, -0.05) is 0 Å². The van der Waals surface area contributed by atoms with Crippen LogP contribution in [0.15, 0.2) is 12.4 Å². The minimum Gasteiger partial charge on any atom is -0.870 e. The van der Waals surface area contributed by atoms with Crippen molar-refractivity contribution in [2.24, 2.45) is 0 Å². The number of rotatable bonds is 0. The third-order valence-corrected chi connectivity index (χ3v) is 0.331. The fraction of sp³-hybridized carbons (Fsp3) is 0. The van der Waals surface area contributed by atoms with Crippen molar-refractivity contribution in [2.75, 3.05) is 0 Å². The van der Waals surface area contributed by atoms with Crippen LogP contribution in [-0.2, 0) is 0 Å². The molecule has 0 aliphatic rings. The Bertz CT molecular complexity index is 69.4. The molecule has 4 nitrogen and oxygen atoms in total. The largest absolute Gasteiger partial charge is 1.00 e. The standard InChI is InChI=1S/C2H3N3.K.H2O/c1-2-4-5-3-1;;/h1-2H,(H,3,4,5);;1H2/q;+1;/p-1.